The Balaban J connectivity index is 2.39. The Labute approximate surface area is 85.7 Å². The number of hydrogen-bond acceptors (Lipinski definition) is 3. The first kappa shape index (κ1) is 9.20. The van der Waals surface area contributed by atoms with E-state index in [0.717, 1.165) is 16.6 Å². The summed E-state index contributed by atoms with van der Waals surface area (Å²) >= 11 is 0. The van der Waals surface area contributed by atoms with Gasteiger partial charge in [-0.25, -0.2) is 4.98 Å². The molecule has 2 rings (SSSR count). The first-order valence-electron chi connectivity index (χ1n) is 4.31. The van der Waals surface area contributed by atoms with E-state index in [4.69, 9.17) is 11.5 Å². The number of benzene rings is 1. The van der Waals surface area contributed by atoms with Crippen molar-refractivity contribution < 1.29 is 0 Å². The first-order valence-corrected chi connectivity index (χ1v) is 4.31. The molecule has 0 saturated heterocycles. The molecule has 1 heterocycles. The Morgan fingerprint density at radius 1 is 1.40 bits per heavy atom. The van der Waals surface area contributed by atoms with Crippen LogP contribution in [0.2, 0.25) is 0 Å². The smallest absolute Gasteiger partial charge is 0.211 e. The second-order valence-corrected chi connectivity index (χ2v) is 2.92. The lowest BCUT2D eigenvalue weighted by Gasteiger charge is -1.92. The molecule has 0 aliphatic carbocycles. The minimum absolute atomic E-state index is 0.0690. The number of hydrogen-bond donors (Lipinski definition) is 3. The number of nitrogens with two attached hydrogens (primary N) is 2. The molecule has 0 amide bonds. The maximum atomic E-state index is 5.14. The van der Waals surface area contributed by atoms with Crippen molar-refractivity contribution in [3.8, 4) is 0 Å². The van der Waals surface area contributed by atoms with Crippen LogP contribution in [0.1, 0.15) is 5.56 Å². The molecule has 76 valence electrons. The van der Waals surface area contributed by atoms with Crippen molar-refractivity contribution in [2.75, 3.05) is 0 Å². The van der Waals surface area contributed by atoms with Crippen LogP contribution in [-0.4, -0.2) is 22.1 Å². The molecule has 0 bridgehead atoms. The van der Waals surface area contributed by atoms with Gasteiger partial charge in [0.05, 0.1) is 23.6 Å². The molecule has 0 saturated carbocycles. The fraction of sp³-hybridized carbons (Fsp3) is 0. The van der Waals surface area contributed by atoms with Gasteiger partial charge in [0.1, 0.15) is 0 Å². The molecule has 5 N–H and O–H groups in total. The zero-order chi connectivity index (χ0) is 10.7. The van der Waals surface area contributed by atoms with Gasteiger partial charge >= 0.3 is 0 Å². The SMILES string of the molecule is NC(N)=NN=Cc1cccc2[nH]cnc12. The van der Waals surface area contributed by atoms with E-state index in [2.05, 4.69) is 20.2 Å². The molecule has 0 aliphatic rings. The fourth-order valence-electron chi connectivity index (χ4n) is 1.25. The predicted molar refractivity (Wildman–Crippen MR) is 59.5 cm³/mol. The summed E-state index contributed by atoms with van der Waals surface area (Å²) in [4.78, 5) is 7.16. The number of guanidine groups is 1. The molecular weight excluding hydrogens is 192 g/mol. The molecule has 0 radical (unpaired) electrons. The topological polar surface area (TPSA) is 105 Å². The summed E-state index contributed by atoms with van der Waals surface area (Å²) in [5, 5.41) is 7.24. The maximum absolute atomic E-state index is 5.14. The zero-order valence-electron chi connectivity index (χ0n) is 7.88. The van der Waals surface area contributed by atoms with E-state index in [1.54, 1.807) is 12.5 Å². The van der Waals surface area contributed by atoms with Crippen LogP contribution in [0.4, 0.5) is 0 Å². The molecule has 6 heteroatoms. The molecule has 15 heavy (non-hydrogen) atoms. The van der Waals surface area contributed by atoms with Crippen LogP contribution in [-0.2, 0) is 0 Å². The van der Waals surface area contributed by atoms with Gasteiger partial charge in [-0.15, -0.1) is 5.10 Å². The number of fused-ring (bicyclic) bond motifs is 1. The van der Waals surface area contributed by atoms with E-state index in [0.29, 0.717) is 0 Å². The van der Waals surface area contributed by atoms with E-state index in [9.17, 15) is 0 Å². The molecule has 2 aromatic rings. The van der Waals surface area contributed by atoms with Gasteiger partial charge in [0.2, 0.25) is 5.96 Å². The first-order chi connectivity index (χ1) is 7.27. The van der Waals surface area contributed by atoms with E-state index in [-0.39, 0.29) is 5.96 Å². The minimum Gasteiger partial charge on any atom is -0.369 e. The fourth-order valence-corrected chi connectivity index (χ4v) is 1.25. The Morgan fingerprint density at radius 2 is 2.27 bits per heavy atom. The number of nitrogens with one attached hydrogen (secondary N) is 1. The predicted octanol–water partition coefficient (Wildman–Crippen LogP) is 0.170. The third kappa shape index (κ3) is 1.93. The summed E-state index contributed by atoms with van der Waals surface area (Å²) in [6.45, 7) is 0. The standard InChI is InChI=1S/C9H10N6/c10-9(11)15-14-4-6-2-1-3-7-8(6)13-5-12-7/h1-5H,(H,12,13)(H4,10,11,15). The number of imidazole rings is 1. The Kier molecular flexibility index (Phi) is 2.32. The molecule has 1 aromatic heterocycles. The number of aromatic amines is 1. The van der Waals surface area contributed by atoms with Gasteiger partial charge < -0.3 is 16.5 Å². The lowest BCUT2D eigenvalue weighted by atomic mass is 10.2. The van der Waals surface area contributed by atoms with Crippen molar-refractivity contribution >= 4 is 23.2 Å². The molecule has 0 fully saturated rings. The van der Waals surface area contributed by atoms with Crippen LogP contribution < -0.4 is 11.5 Å². The quantitative estimate of drug-likeness (QED) is 0.367. The van der Waals surface area contributed by atoms with Crippen molar-refractivity contribution in [1.82, 2.24) is 9.97 Å². The monoisotopic (exact) mass is 202 g/mol. The Morgan fingerprint density at radius 3 is 3.07 bits per heavy atom. The van der Waals surface area contributed by atoms with Gasteiger partial charge in [-0.2, -0.15) is 5.10 Å². The molecular formula is C9H10N6. The summed E-state index contributed by atoms with van der Waals surface area (Å²) in [5.41, 5.74) is 12.9. The highest BCUT2D eigenvalue weighted by Crippen LogP contribution is 2.12. The average Bonchev–Trinajstić information content (AvgIpc) is 2.65. The summed E-state index contributed by atoms with van der Waals surface area (Å²) < 4.78 is 0. The number of rotatable bonds is 2. The molecule has 0 unspecified atom stereocenters. The van der Waals surface area contributed by atoms with E-state index >= 15 is 0 Å². The zero-order valence-corrected chi connectivity index (χ0v) is 7.88. The third-order valence-corrected chi connectivity index (χ3v) is 1.85. The molecule has 0 atom stereocenters. The largest absolute Gasteiger partial charge is 0.369 e. The van der Waals surface area contributed by atoms with Crippen LogP contribution in [0, 0.1) is 0 Å². The lowest BCUT2D eigenvalue weighted by molar-refractivity contribution is 1.22. The highest BCUT2D eigenvalue weighted by Gasteiger charge is 1.99. The minimum atomic E-state index is -0.0690. The van der Waals surface area contributed by atoms with Crippen molar-refractivity contribution in [3.63, 3.8) is 0 Å². The second-order valence-electron chi connectivity index (χ2n) is 2.92. The Hall–Kier alpha value is -2.37. The van der Waals surface area contributed by atoms with Crippen LogP contribution in [0.15, 0.2) is 34.7 Å². The highest BCUT2D eigenvalue weighted by atomic mass is 15.3. The van der Waals surface area contributed by atoms with Crippen LogP contribution >= 0.6 is 0 Å². The Bertz CT molecular complexity index is 520. The number of para-hydroxylation sites is 1. The normalized spacial score (nSPS) is 10.9. The molecule has 1 aromatic carbocycles. The summed E-state index contributed by atoms with van der Waals surface area (Å²) in [5.74, 6) is -0.0690. The lowest BCUT2D eigenvalue weighted by Crippen LogP contribution is -2.21. The summed E-state index contributed by atoms with van der Waals surface area (Å²) in [6.07, 6.45) is 3.19. The van der Waals surface area contributed by atoms with Crippen molar-refractivity contribution in [2.24, 2.45) is 21.7 Å². The summed E-state index contributed by atoms with van der Waals surface area (Å²) in [7, 11) is 0. The van der Waals surface area contributed by atoms with E-state index in [1.807, 2.05) is 18.2 Å². The van der Waals surface area contributed by atoms with Crippen molar-refractivity contribution in [1.29, 1.82) is 0 Å². The molecule has 0 aliphatic heterocycles. The number of aromatic nitrogens is 2. The number of nitrogens with zero attached hydrogens (tertiary/aromatic N) is 3. The van der Waals surface area contributed by atoms with Gasteiger partial charge in [0.25, 0.3) is 0 Å². The van der Waals surface area contributed by atoms with E-state index in [1.165, 1.54) is 0 Å². The second kappa shape index (κ2) is 3.79. The van der Waals surface area contributed by atoms with Crippen LogP contribution in [0.3, 0.4) is 0 Å². The molecule has 0 spiro atoms. The van der Waals surface area contributed by atoms with E-state index < -0.39 is 0 Å². The van der Waals surface area contributed by atoms with Crippen LogP contribution in [0.5, 0.6) is 0 Å². The highest BCUT2D eigenvalue weighted by molar-refractivity contribution is 5.96. The van der Waals surface area contributed by atoms with Gasteiger partial charge in [-0.05, 0) is 6.07 Å². The van der Waals surface area contributed by atoms with Gasteiger partial charge in [-0.1, -0.05) is 12.1 Å². The van der Waals surface area contributed by atoms with Gasteiger partial charge in [0.15, 0.2) is 0 Å². The van der Waals surface area contributed by atoms with Gasteiger partial charge in [0, 0.05) is 5.56 Å². The number of H-pyrrole nitrogens is 1. The summed E-state index contributed by atoms with van der Waals surface area (Å²) in [6, 6.07) is 5.71. The molecule has 6 nitrogen and oxygen atoms in total. The van der Waals surface area contributed by atoms with Crippen molar-refractivity contribution in [2.45, 2.75) is 0 Å². The van der Waals surface area contributed by atoms with Crippen LogP contribution in [0.25, 0.3) is 11.0 Å². The van der Waals surface area contributed by atoms with Gasteiger partial charge in [-0.3, -0.25) is 0 Å². The van der Waals surface area contributed by atoms with Crippen molar-refractivity contribution in [3.05, 3.63) is 30.1 Å². The maximum Gasteiger partial charge on any atom is 0.211 e. The third-order valence-electron chi connectivity index (χ3n) is 1.85. The average molecular weight is 202 g/mol.